The number of hydrogen-bond donors (Lipinski definition) is 2. The van der Waals surface area contributed by atoms with Crippen molar-refractivity contribution in [1.82, 2.24) is 15.5 Å². The molecule has 1 aliphatic heterocycles. The molecular weight excluding hydrogens is 306 g/mol. The van der Waals surface area contributed by atoms with Crippen LogP contribution in [0.15, 0.2) is 18.2 Å². The third-order valence-corrected chi connectivity index (χ3v) is 4.29. The van der Waals surface area contributed by atoms with E-state index in [1.54, 1.807) is 14.2 Å². The lowest BCUT2D eigenvalue weighted by atomic mass is 10.2. The first-order chi connectivity index (χ1) is 11.6. The Kier molecular flexibility index (Phi) is 7.34. The molecular formula is C18H29N3O3. The highest BCUT2D eigenvalue weighted by Gasteiger charge is 2.23. The maximum Gasteiger partial charge on any atom is 0.220 e. The molecule has 0 aromatic heterocycles. The number of amides is 1. The maximum absolute atomic E-state index is 11.9. The van der Waals surface area contributed by atoms with Crippen LogP contribution in [-0.4, -0.2) is 57.8 Å². The normalized spacial score (nSPS) is 17.7. The second-order valence-corrected chi connectivity index (χ2v) is 6.22. The van der Waals surface area contributed by atoms with Crippen molar-refractivity contribution in [2.24, 2.45) is 0 Å². The summed E-state index contributed by atoms with van der Waals surface area (Å²) < 4.78 is 10.6. The number of rotatable bonds is 9. The summed E-state index contributed by atoms with van der Waals surface area (Å²) >= 11 is 0. The molecule has 134 valence electrons. The first-order valence-corrected chi connectivity index (χ1v) is 8.53. The highest BCUT2D eigenvalue weighted by molar-refractivity contribution is 5.76. The van der Waals surface area contributed by atoms with E-state index in [1.165, 1.54) is 0 Å². The smallest absolute Gasteiger partial charge is 0.220 e. The number of hydrogen-bond acceptors (Lipinski definition) is 5. The van der Waals surface area contributed by atoms with Gasteiger partial charge in [-0.2, -0.15) is 0 Å². The fourth-order valence-electron chi connectivity index (χ4n) is 3.04. The molecule has 0 aliphatic carbocycles. The van der Waals surface area contributed by atoms with E-state index in [2.05, 4.69) is 15.5 Å². The van der Waals surface area contributed by atoms with E-state index in [-0.39, 0.29) is 11.9 Å². The minimum Gasteiger partial charge on any atom is -0.497 e. The van der Waals surface area contributed by atoms with Gasteiger partial charge in [0.1, 0.15) is 11.5 Å². The SMILES string of the molecule is CNCCCC(=O)NC1CCN(Cc2cc(OC)cc(OC)c2)C1. The molecule has 1 unspecified atom stereocenters. The zero-order valence-electron chi connectivity index (χ0n) is 14.9. The molecule has 6 nitrogen and oxygen atoms in total. The van der Waals surface area contributed by atoms with Crippen molar-refractivity contribution in [3.63, 3.8) is 0 Å². The lowest BCUT2D eigenvalue weighted by Crippen LogP contribution is -2.37. The molecule has 0 spiro atoms. The average molecular weight is 335 g/mol. The number of nitrogens with one attached hydrogen (secondary N) is 2. The van der Waals surface area contributed by atoms with E-state index >= 15 is 0 Å². The Balaban J connectivity index is 1.82. The molecule has 2 N–H and O–H groups in total. The summed E-state index contributed by atoms with van der Waals surface area (Å²) in [6.45, 7) is 3.58. The Labute approximate surface area is 144 Å². The third kappa shape index (κ3) is 5.69. The van der Waals surface area contributed by atoms with Gasteiger partial charge in [0.25, 0.3) is 0 Å². The molecule has 1 aromatic carbocycles. The molecule has 1 atom stereocenters. The van der Waals surface area contributed by atoms with Crippen LogP contribution in [0.3, 0.4) is 0 Å². The number of likely N-dealkylation sites (tertiary alicyclic amines) is 1. The van der Waals surface area contributed by atoms with Crippen LogP contribution in [0.1, 0.15) is 24.8 Å². The Morgan fingerprint density at radius 1 is 1.25 bits per heavy atom. The van der Waals surface area contributed by atoms with Gasteiger partial charge < -0.3 is 20.1 Å². The van der Waals surface area contributed by atoms with E-state index in [1.807, 2.05) is 25.2 Å². The second kappa shape index (κ2) is 9.49. The van der Waals surface area contributed by atoms with Crippen molar-refractivity contribution < 1.29 is 14.3 Å². The first-order valence-electron chi connectivity index (χ1n) is 8.53. The molecule has 0 radical (unpaired) electrons. The summed E-state index contributed by atoms with van der Waals surface area (Å²) in [5.41, 5.74) is 1.16. The van der Waals surface area contributed by atoms with Crippen molar-refractivity contribution in [1.29, 1.82) is 0 Å². The number of benzene rings is 1. The van der Waals surface area contributed by atoms with Gasteiger partial charge in [0.2, 0.25) is 5.91 Å². The molecule has 24 heavy (non-hydrogen) atoms. The van der Waals surface area contributed by atoms with Crippen molar-refractivity contribution in [2.75, 3.05) is 40.9 Å². The number of methoxy groups -OCH3 is 2. The number of carbonyl (C=O) groups excluding carboxylic acids is 1. The summed E-state index contributed by atoms with van der Waals surface area (Å²) in [6.07, 6.45) is 2.46. The van der Waals surface area contributed by atoms with Gasteiger partial charge in [-0.1, -0.05) is 0 Å². The van der Waals surface area contributed by atoms with Crippen LogP contribution in [0.25, 0.3) is 0 Å². The predicted octanol–water partition coefficient (Wildman–Crippen LogP) is 1.39. The summed E-state index contributed by atoms with van der Waals surface area (Å²) in [6, 6.07) is 6.19. The standard InChI is InChI=1S/C18H29N3O3/c1-19-7-4-5-18(22)20-15-6-8-21(13-15)12-14-9-16(23-2)11-17(10-14)24-3/h9-11,15,19H,4-8,12-13H2,1-3H3,(H,20,22). The van der Waals surface area contributed by atoms with Gasteiger partial charge in [-0.25, -0.2) is 0 Å². The Morgan fingerprint density at radius 3 is 2.58 bits per heavy atom. The maximum atomic E-state index is 11.9. The lowest BCUT2D eigenvalue weighted by molar-refractivity contribution is -0.121. The van der Waals surface area contributed by atoms with Crippen LogP contribution in [0.2, 0.25) is 0 Å². The number of ether oxygens (including phenoxy) is 2. The monoisotopic (exact) mass is 335 g/mol. The van der Waals surface area contributed by atoms with Gasteiger partial charge in [-0.3, -0.25) is 9.69 Å². The second-order valence-electron chi connectivity index (χ2n) is 6.22. The molecule has 1 saturated heterocycles. The van der Waals surface area contributed by atoms with E-state index in [9.17, 15) is 4.79 Å². The molecule has 1 amide bonds. The van der Waals surface area contributed by atoms with Crippen molar-refractivity contribution in [3.05, 3.63) is 23.8 Å². The molecule has 1 heterocycles. The van der Waals surface area contributed by atoms with Crippen LogP contribution >= 0.6 is 0 Å². The topological polar surface area (TPSA) is 62.8 Å². The molecule has 6 heteroatoms. The highest BCUT2D eigenvalue weighted by atomic mass is 16.5. The van der Waals surface area contributed by atoms with Crippen molar-refractivity contribution >= 4 is 5.91 Å². The van der Waals surface area contributed by atoms with E-state index < -0.39 is 0 Å². The summed E-state index contributed by atoms with van der Waals surface area (Å²) in [7, 11) is 5.22. The van der Waals surface area contributed by atoms with E-state index in [4.69, 9.17) is 9.47 Å². The summed E-state index contributed by atoms with van der Waals surface area (Å²) in [4.78, 5) is 14.3. The molecule has 2 rings (SSSR count). The van der Waals surface area contributed by atoms with Gasteiger partial charge in [0.05, 0.1) is 14.2 Å². The van der Waals surface area contributed by atoms with Gasteiger partial charge >= 0.3 is 0 Å². The number of carbonyl (C=O) groups is 1. The van der Waals surface area contributed by atoms with Crippen molar-refractivity contribution in [2.45, 2.75) is 31.8 Å². The fraction of sp³-hybridized carbons (Fsp3) is 0.611. The molecule has 0 saturated carbocycles. The third-order valence-electron chi connectivity index (χ3n) is 4.29. The Morgan fingerprint density at radius 2 is 1.96 bits per heavy atom. The molecule has 1 fully saturated rings. The minimum atomic E-state index is 0.153. The summed E-state index contributed by atoms with van der Waals surface area (Å²) in [5.74, 6) is 1.76. The van der Waals surface area contributed by atoms with Crippen molar-refractivity contribution in [3.8, 4) is 11.5 Å². The van der Waals surface area contributed by atoms with Crippen LogP contribution in [0, 0.1) is 0 Å². The largest absolute Gasteiger partial charge is 0.497 e. The molecule has 0 bridgehead atoms. The number of nitrogens with zero attached hydrogens (tertiary/aromatic N) is 1. The van der Waals surface area contributed by atoms with E-state index in [0.29, 0.717) is 6.42 Å². The zero-order chi connectivity index (χ0) is 17.4. The lowest BCUT2D eigenvalue weighted by Gasteiger charge is -2.18. The first kappa shape index (κ1) is 18.5. The molecule has 1 aromatic rings. The predicted molar refractivity (Wildman–Crippen MR) is 94.5 cm³/mol. The summed E-state index contributed by atoms with van der Waals surface area (Å²) in [5, 5.41) is 6.20. The highest BCUT2D eigenvalue weighted by Crippen LogP contribution is 2.24. The zero-order valence-corrected chi connectivity index (χ0v) is 14.9. The van der Waals surface area contributed by atoms with Crippen LogP contribution in [0.4, 0.5) is 0 Å². The molecule has 1 aliphatic rings. The van der Waals surface area contributed by atoms with E-state index in [0.717, 1.165) is 56.1 Å². The van der Waals surface area contributed by atoms with Crippen LogP contribution in [0.5, 0.6) is 11.5 Å². The minimum absolute atomic E-state index is 0.153. The Hall–Kier alpha value is -1.79. The van der Waals surface area contributed by atoms with Gasteiger partial charge in [-0.05, 0) is 44.1 Å². The van der Waals surface area contributed by atoms with Crippen LogP contribution in [-0.2, 0) is 11.3 Å². The fourth-order valence-corrected chi connectivity index (χ4v) is 3.04. The van der Waals surface area contributed by atoms with Gasteiger partial charge in [-0.15, -0.1) is 0 Å². The van der Waals surface area contributed by atoms with Gasteiger partial charge in [0, 0.05) is 38.2 Å². The van der Waals surface area contributed by atoms with Crippen LogP contribution < -0.4 is 20.1 Å². The Bertz CT molecular complexity index is 514. The quantitative estimate of drug-likeness (QED) is 0.668. The van der Waals surface area contributed by atoms with Gasteiger partial charge in [0.15, 0.2) is 0 Å². The average Bonchev–Trinajstić information content (AvgIpc) is 3.01.